The Labute approximate surface area is 128 Å². The van der Waals surface area contributed by atoms with Gasteiger partial charge in [-0.1, -0.05) is 30.3 Å². The van der Waals surface area contributed by atoms with Crippen LogP contribution in [-0.4, -0.2) is 11.1 Å². The van der Waals surface area contributed by atoms with E-state index in [-0.39, 0.29) is 5.97 Å². The van der Waals surface area contributed by atoms with Gasteiger partial charge in [-0.05, 0) is 42.0 Å². The van der Waals surface area contributed by atoms with Gasteiger partial charge in [-0.2, -0.15) is 0 Å². The third-order valence-corrected chi connectivity index (χ3v) is 2.79. The van der Waals surface area contributed by atoms with E-state index in [1.807, 2.05) is 42.5 Å². The molecule has 0 aliphatic rings. The summed E-state index contributed by atoms with van der Waals surface area (Å²) in [5, 5.41) is 3.30. The number of anilines is 1. The number of esters is 1. The molecule has 0 atom stereocenters. The predicted molar refractivity (Wildman–Crippen MR) is 85.2 cm³/mol. The van der Waals surface area contributed by atoms with Crippen molar-refractivity contribution in [2.75, 3.05) is 5.32 Å². The molecule has 0 radical (unpaired) electrons. The lowest BCUT2D eigenvalue weighted by atomic mass is 10.2. The number of carbonyl (C=O) groups excluding carboxylic acids is 1. The molecule has 4 nitrogen and oxygen atoms in total. The van der Waals surface area contributed by atoms with Crippen molar-refractivity contribution in [3.63, 3.8) is 0 Å². The highest BCUT2D eigenvalue weighted by Gasteiger charge is 2.01. The molecule has 0 fully saturated rings. The molecule has 0 aliphatic heterocycles. The van der Waals surface area contributed by atoms with Crippen molar-refractivity contribution in [1.29, 1.82) is 0 Å². The lowest BCUT2D eigenvalue weighted by Crippen LogP contribution is -2.13. The Balaban J connectivity index is 1.82. The summed E-state index contributed by atoms with van der Waals surface area (Å²) in [5.41, 5.74) is 1.82. The van der Waals surface area contributed by atoms with Gasteiger partial charge < -0.3 is 14.8 Å². The number of thiocarbonyl (C=S) groups is 1. The zero-order valence-corrected chi connectivity index (χ0v) is 12.4. The first-order valence-corrected chi connectivity index (χ1v) is 6.80. The first-order chi connectivity index (χ1) is 10.1. The first-order valence-electron chi connectivity index (χ1n) is 6.39. The summed E-state index contributed by atoms with van der Waals surface area (Å²) in [4.78, 5) is 10.8. The topological polar surface area (TPSA) is 47.6 Å². The molecule has 0 bridgehead atoms. The Morgan fingerprint density at radius 3 is 2.38 bits per heavy atom. The number of benzene rings is 2. The second-order valence-electron chi connectivity index (χ2n) is 4.30. The van der Waals surface area contributed by atoms with Gasteiger partial charge in [0.25, 0.3) is 5.17 Å². The van der Waals surface area contributed by atoms with Crippen LogP contribution in [-0.2, 0) is 16.1 Å². The van der Waals surface area contributed by atoms with E-state index in [1.54, 1.807) is 12.1 Å². The normalized spacial score (nSPS) is 9.76. The van der Waals surface area contributed by atoms with Crippen LogP contribution in [0.25, 0.3) is 0 Å². The minimum Gasteiger partial charge on any atom is -0.466 e. The molecule has 108 valence electrons. The highest BCUT2D eigenvalue weighted by atomic mass is 32.1. The summed E-state index contributed by atoms with van der Waals surface area (Å²) >= 11 is 5.12. The van der Waals surface area contributed by atoms with Crippen molar-refractivity contribution in [3.8, 4) is 5.75 Å². The SMILES string of the molecule is CC(=O)Oc1ccc(COC(=S)Nc2ccccc2)cc1. The van der Waals surface area contributed by atoms with E-state index in [9.17, 15) is 4.79 Å². The molecule has 0 saturated heterocycles. The molecule has 0 saturated carbocycles. The van der Waals surface area contributed by atoms with Gasteiger partial charge in [0, 0.05) is 12.6 Å². The van der Waals surface area contributed by atoms with E-state index in [4.69, 9.17) is 21.7 Å². The van der Waals surface area contributed by atoms with Gasteiger partial charge in [0.05, 0.1) is 0 Å². The standard InChI is InChI=1S/C16H15NO3S/c1-12(18)20-15-9-7-13(8-10-15)11-19-16(21)17-14-5-3-2-4-6-14/h2-10H,11H2,1H3,(H,17,21). The van der Waals surface area contributed by atoms with Crippen molar-refractivity contribution in [2.24, 2.45) is 0 Å². The summed E-state index contributed by atoms with van der Waals surface area (Å²) in [6, 6.07) is 16.7. The van der Waals surface area contributed by atoms with Crippen molar-refractivity contribution in [3.05, 3.63) is 60.2 Å². The van der Waals surface area contributed by atoms with Crippen LogP contribution in [0.2, 0.25) is 0 Å². The van der Waals surface area contributed by atoms with Crippen molar-refractivity contribution >= 4 is 29.0 Å². The van der Waals surface area contributed by atoms with E-state index < -0.39 is 0 Å². The molecule has 0 unspecified atom stereocenters. The van der Waals surface area contributed by atoms with Gasteiger partial charge in [0.15, 0.2) is 0 Å². The lowest BCUT2D eigenvalue weighted by molar-refractivity contribution is -0.131. The monoisotopic (exact) mass is 301 g/mol. The molecule has 2 aromatic rings. The molecule has 21 heavy (non-hydrogen) atoms. The maximum atomic E-state index is 10.8. The minimum atomic E-state index is -0.341. The number of para-hydroxylation sites is 1. The average Bonchev–Trinajstić information content (AvgIpc) is 2.47. The fraction of sp³-hybridized carbons (Fsp3) is 0.125. The number of ether oxygens (including phenoxy) is 2. The Bertz CT molecular complexity index is 611. The van der Waals surface area contributed by atoms with E-state index in [1.165, 1.54) is 6.92 Å². The number of nitrogens with one attached hydrogen (secondary N) is 1. The first kappa shape index (κ1) is 15.0. The van der Waals surface area contributed by atoms with Crippen LogP contribution in [0.1, 0.15) is 12.5 Å². The molecular formula is C16H15NO3S. The van der Waals surface area contributed by atoms with Crippen LogP contribution < -0.4 is 10.1 Å². The molecule has 0 aromatic heterocycles. The number of rotatable bonds is 4. The van der Waals surface area contributed by atoms with Gasteiger partial charge in [0.1, 0.15) is 12.4 Å². The smallest absolute Gasteiger partial charge is 0.308 e. The molecular weight excluding hydrogens is 286 g/mol. The average molecular weight is 301 g/mol. The third-order valence-electron chi connectivity index (χ3n) is 2.58. The quantitative estimate of drug-likeness (QED) is 0.532. The predicted octanol–water partition coefficient (Wildman–Crippen LogP) is 3.53. The van der Waals surface area contributed by atoms with Crippen LogP contribution in [0.4, 0.5) is 5.69 Å². The fourth-order valence-corrected chi connectivity index (χ4v) is 1.82. The molecule has 0 spiro atoms. The summed E-state index contributed by atoms with van der Waals surface area (Å²) in [6.07, 6.45) is 0. The summed E-state index contributed by atoms with van der Waals surface area (Å²) in [7, 11) is 0. The van der Waals surface area contributed by atoms with Gasteiger partial charge in [-0.15, -0.1) is 0 Å². The van der Waals surface area contributed by atoms with E-state index in [2.05, 4.69) is 5.32 Å². The van der Waals surface area contributed by atoms with Gasteiger partial charge in [-0.25, -0.2) is 0 Å². The van der Waals surface area contributed by atoms with Crippen LogP contribution >= 0.6 is 12.2 Å². The van der Waals surface area contributed by atoms with Crippen LogP contribution in [0.3, 0.4) is 0 Å². The van der Waals surface area contributed by atoms with Crippen LogP contribution in [0, 0.1) is 0 Å². The molecule has 0 heterocycles. The Morgan fingerprint density at radius 1 is 1.10 bits per heavy atom. The second-order valence-corrected chi connectivity index (χ2v) is 4.68. The summed E-state index contributed by atoms with van der Waals surface area (Å²) in [6.45, 7) is 1.71. The molecule has 2 aromatic carbocycles. The maximum Gasteiger partial charge on any atom is 0.308 e. The van der Waals surface area contributed by atoms with Crippen molar-refractivity contribution in [2.45, 2.75) is 13.5 Å². The van der Waals surface area contributed by atoms with Crippen molar-refractivity contribution < 1.29 is 14.3 Å². The van der Waals surface area contributed by atoms with Crippen molar-refractivity contribution in [1.82, 2.24) is 0 Å². The molecule has 2 rings (SSSR count). The van der Waals surface area contributed by atoms with Crippen LogP contribution in [0.5, 0.6) is 5.75 Å². The van der Waals surface area contributed by atoms with Gasteiger partial charge in [0.2, 0.25) is 0 Å². The van der Waals surface area contributed by atoms with E-state index in [0.29, 0.717) is 17.5 Å². The third kappa shape index (κ3) is 5.24. The molecule has 0 amide bonds. The summed E-state index contributed by atoms with van der Waals surface area (Å²) in [5.74, 6) is 0.170. The number of carbonyl (C=O) groups is 1. The Kier molecular flexibility index (Phi) is 5.29. The highest BCUT2D eigenvalue weighted by molar-refractivity contribution is 7.80. The van der Waals surface area contributed by atoms with E-state index >= 15 is 0 Å². The zero-order chi connectivity index (χ0) is 15.1. The molecule has 1 N–H and O–H groups in total. The van der Waals surface area contributed by atoms with Gasteiger partial charge >= 0.3 is 5.97 Å². The Hall–Kier alpha value is -2.40. The molecule has 0 aliphatic carbocycles. The zero-order valence-electron chi connectivity index (χ0n) is 11.5. The number of hydrogen-bond donors (Lipinski definition) is 1. The van der Waals surface area contributed by atoms with Gasteiger partial charge in [-0.3, -0.25) is 4.79 Å². The lowest BCUT2D eigenvalue weighted by Gasteiger charge is -2.10. The Morgan fingerprint density at radius 2 is 1.76 bits per heavy atom. The summed E-state index contributed by atoms with van der Waals surface area (Å²) < 4.78 is 10.4. The minimum absolute atomic E-state index is 0.310. The number of hydrogen-bond acceptors (Lipinski definition) is 4. The van der Waals surface area contributed by atoms with E-state index in [0.717, 1.165) is 11.3 Å². The fourth-order valence-electron chi connectivity index (χ4n) is 1.64. The largest absolute Gasteiger partial charge is 0.466 e. The highest BCUT2D eigenvalue weighted by Crippen LogP contribution is 2.13. The maximum absolute atomic E-state index is 10.8. The molecule has 5 heteroatoms. The second kappa shape index (κ2) is 7.40. The van der Waals surface area contributed by atoms with Crippen LogP contribution in [0.15, 0.2) is 54.6 Å².